The van der Waals surface area contributed by atoms with Crippen molar-refractivity contribution in [3.63, 3.8) is 0 Å². The maximum atomic E-state index is 12.5. The largest absolute Gasteiger partial charge is 0.357 e. The molecule has 2 aromatic carbocycles. The molecule has 0 aliphatic heterocycles. The molecule has 0 saturated heterocycles. The van der Waals surface area contributed by atoms with Gasteiger partial charge in [0.1, 0.15) is 0 Å². The smallest absolute Gasteiger partial charge is 0.273 e. The monoisotopic (exact) mass is 348 g/mol. The van der Waals surface area contributed by atoms with Crippen molar-refractivity contribution in [1.82, 2.24) is 20.1 Å². The summed E-state index contributed by atoms with van der Waals surface area (Å²) in [6.07, 6.45) is 0. The Morgan fingerprint density at radius 2 is 1.65 bits per heavy atom. The molecule has 6 heteroatoms. The number of hydrogen-bond acceptors (Lipinski definition) is 3. The minimum Gasteiger partial charge on any atom is -0.357 e. The first-order valence-corrected chi connectivity index (χ1v) is 8.64. The van der Waals surface area contributed by atoms with Gasteiger partial charge in [-0.15, -0.1) is 0 Å². The van der Waals surface area contributed by atoms with E-state index in [-0.39, 0.29) is 11.1 Å². The zero-order valence-electron chi connectivity index (χ0n) is 14.5. The molecule has 0 amide bonds. The second-order valence-electron chi connectivity index (χ2n) is 6.39. The van der Waals surface area contributed by atoms with E-state index in [0.29, 0.717) is 30.4 Å². The molecular weight excluding hydrogens is 328 g/mol. The van der Waals surface area contributed by atoms with Crippen molar-refractivity contribution in [2.45, 2.75) is 20.0 Å². The summed E-state index contributed by atoms with van der Waals surface area (Å²) in [6, 6.07) is 15.1. The minimum atomic E-state index is -0.244. The summed E-state index contributed by atoms with van der Waals surface area (Å²) in [5.41, 5.74) is 3.06. The lowest BCUT2D eigenvalue weighted by atomic mass is 10.1. The van der Waals surface area contributed by atoms with Crippen molar-refractivity contribution in [1.29, 1.82) is 0 Å². The van der Waals surface area contributed by atoms with Gasteiger partial charge in [0.2, 0.25) is 0 Å². The maximum absolute atomic E-state index is 12.5. The van der Waals surface area contributed by atoms with E-state index in [4.69, 9.17) is 0 Å². The molecule has 2 heterocycles. The molecule has 0 fully saturated rings. The van der Waals surface area contributed by atoms with Gasteiger partial charge in [0.25, 0.3) is 11.1 Å². The van der Waals surface area contributed by atoms with Crippen LogP contribution in [0.1, 0.15) is 11.3 Å². The number of aromatic nitrogens is 3. The third kappa shape index (κ3) is 2.84. The molecule has 2 aromatic heterocycles. The molecule has 0 radical (unpaired) electrons. The molecule has 0 saturated carbocycles. The minimum absolute atomic E-state index is 0.177. The van der Waals surface area contributed by atoms with Crippen LogP contribution in [0.2, 0.25) is 0 Å². The predicted molar refractivity (Wildman–Crippen MR) is 104 cm³/mol. The quantitative estimate of drug-likeness (QED) is 0.484. The number of nitrogens with one attached hydrogen (secondary N) is 3. The Hall–Kier alpha value is -3.12. The summed E-state index contributed by atoms with van der Waals surface area (Å²) < 4.78 is 1.37. The number of benzene rings is 2. The van der Waals surface area contributed by atoms with Crippen molar-refractivity contribution >= 4 is 21.7 Å². The average molecular weight is 348 g/mol. The topological polar surface area (TPSA) is 82.7 Å². The number of aryl methyl sites for hydroxylation is 1. The SMILES string of the molecule is Cc1c(CNCCn2[nH]c(=O)c3ccccc3c2=O)[nH]c2ccccc12. The summed E-state index contributed by atoms with van der Waals surface area (Å²) in [7, 11) is 0. The van der Waals surface area contributed by atoms with E-state index in [1.165, 1.54) is 15.6 Å². The fourth-order valence-corrected chi connectivity index (χ4v) is 3.32. The highest BCUT2D eigenvalue weighted by molar-refractivity contribution is 5.84. The van der Waals surface area contributed by atoms with Crippen LogP contribution < -0.4 is 16.4 Å². The molecule has 0 unspecified atom stereocenters. The van der Waals surface area contributed by atoms with Crippen LogP contribution >= 0.6 is 0 Å². The van der Waals surface area contributed by atoms with Crippen molar-refractivity contribution in [2.24, 2.45) is 0 Å². The first kappa shape index (κ1) is 16.4. The van der Waals surface area contributed by atoms with Gasteiger partial charge in [-0.25, -0.2) is 4.68 Å². The fraction of sp³-hybridized carbons (Fsp3) is 0.200. The van der Waals surface area contributed by atoms with Crippen LogP contribution in [0.3, 0.4) is 0 Å². The van der Waals surface area contributed by atoms with Gasteiger partial charge in [-0.2, -0.15) is 0 Å². The second kappa shape index (κ2) is 6.65. The molecule has 0 aliphatic rings. The Kier molecular flexibility index (Phi) is 4.18. The average Bonchev–Trinajstić information content (AvgIpc) is 2.99. The first-order chi connectivity index (χ1) is 12.6. The summed E-state index contributed by atoms with van der Waals surface area (Å²) in [6.45, 7) is 3.75. The molecular formula is C20H20N4O2. The van der Waals surface area contributed by atoms with Crippen LogP contribution in [-0.4, -0.2) is 21.3 Å². The van der Waals surface area contributed by atoms with E-state index < -0.39 is 0 Å². The Balaban J connectivity index is 1.47. The third-order valence-electron chi connectivity index (χ3n) is 4.77. The van der Waals surface area contributed by atoms with E-state index in [9.17, 15) is 9.59 Å². The van der Waals surface area contributed by atoms with Gasteiger partial charge in [-0.05, 0) is 30.7 Å². The highest BCUT2D eigenvalue weighted by Gasteiger charge is 2.08. The number of fused-ring (bicyclic) bond motifs is 2. The summed E-state index contributed by atoms with van der Waals surface area (Å²) >= 11 is 0. The van der Waals surface area contributed by atoms with Crippen molar-refractivity contribution in [3.8, 4) is 0 Å². The second-order valence-corrected chi connectivity index (χ2v) is 6.39. The highest BCUT2D eigenvalue weighted by atomic mass is 16.2. The summed E-state index contributed by atoms with van der Waals surface area (Å²) in [4.78, 5) is 28.0. The molecule has 3 N–H and O–H groups in total. The van der Waals surface area contributed by atoms with Crippen LogP contribution in [0.4, 0.5) is 0 Å². The number of hydrogen-bond donors (Lipinski definition) is 3. The van der Waals surface area contributed by atoms with Gasteiger partial charge >= 0.3 is 0 Å². The Morgan fingerprint density at radius 3 is 2.42 bits per heavy atom. The van der Waals surface area contributed by atoms with Crippen molar-refractivity contribution < 1.29 is 0 Å². The molecule has 4 rings (SSSR count). The number of rotatable bonds is 5. The predicted octanol–water partition coefficient (Wildman–Crippen LogP) is 2.27. The van der Waals surface area contributed by atoms with Crippen LogP contribution in [0, 0.1) is 6.92 Å². The lowest BCUT2D eigenvalue weighted by molar-refractivity contribution is 0.529. The van der Waals surface area contributed by atoms with Gasteiger partial charge < -0.3 is 10.3 Å². The first-order valence-electron chi connectivity index (χ1n) is 8.64. The van der Waals surface area contributed by atoms with E-state index in [1.54, 1.807) is 24.3 Å². The highest BCUT2D eigenvalue weighted by Crippen LogP contribution is 2.20. The molecule has 132 valence electrons. The third-order valence-corrected chi connectivity index (χ3v) is 4.77. The van der Waals surface area contributed by atoms with Crippen LogP contribution in [-0.2, 0) is 13.1 Å². The van der Waals surface area contributed by atoms with Crippen LogP contribution in [0.15, 0.2) is 58.1 Å². The normalized spacial score (nSPS) is 11.4. The van der Waals surface area contributed by atoms with Crippen molar-refractivity contribution in [3.05, 3.63) is 80.5 Å². The number of H-pyrrole nitrogens is 2. The zero-order valence-corrected chi connectivity index (χ0v) is 14.5. The van der Waals surface area contributed by atoms with Gasteiger partial charge in [0, 0.05) is 29.7 Å². The Labute approximate surface area is 149 Å². The maximum Gasteiger partial charge on any atom is 0.273 e. The fourth-order valence-electron chi connectivity index (χ4n) is 3.32. The molecule has 6 nitrogen and oxygen atoms in total. The lowest BCUT2D eigenvalue weighted by Gasteiger charge is -2.08. The van der Waals surface area contributed by atoms with E-state index >= 15 is 0 Å². The lowest BCUT2D eigenvalue weighted by Crippen LogP contribution is -2.33. The summed E-state index contributed by atoms with van der Waals surface area (Å²) in [5.74, 6) is 0. The van der Waals surface area contributed by atoms with Gasteiger partial charge in [0.05, 0.1) is 17.3 Å². The number of aromatic amines is 2. The Morgan fingerprint density at radius 1 is 0.962 bits per heavy atom. The Bertz CT molecular complexity index is 1200. The molecule has 0 aliphatic carbocycles. The molecule has 4 aromatic rings. The zero-order chi connectivity index (χ0) is 18.1. The summed E-state index contributed by atoms with van der Waals surface area (Å²) in [5, 5.41) is 8.08. The standard InChI is InChI=1S/C20H20N4O2/c1-13-14-6-4-5-9-17(14)22-18(13)12-21-10-11-24-20(26)16-8-3-2-7-15(16)19(25)23-24/h2-9,21-22H,10-12H2,1H3,(H,23,25). The molecule has 0 bridgehead atoms. The molecule has 0 spiro atoms. The number of para-hydroxylation sites is 1. The molecule has 0 atom stereocenters. The van der Waals surface area contributed by atoms with E-state index in [1.807, 2.05) is 12.1 Å². The van der Waals surface area contributed by atoms with Crippen LogP contribution in [0.5, 0.6) is 0 Å². The van der Waals surface area contributed by atoms with E-state index in [2.05, 4.69) is 34.5 Å². The van der Waals surface area contributed by atoms with Crippen molar-refractivity contribution in [2.75, 3.05) is 6.54 Å². The number of nitrogens with zero attached hydrogens (tertiary/aromatic N) is 1. The van der Waals surface area contributed by atoms with Gasteiger partial charge in [-0.1, -0.05) is 30.3 Å². The van der Waals surface area contributed by atoms with Gasteiger partial charge in [0.15, 0.2) is 0 Å². The molecule has 26 heavy (non-hydrogen) atoms. The van der Waals surface area contributed by atoms with Gasteiger partial charge in [-0.3, -0.25) is 14.7 Å². The van der Waals surface area contributed by atoms with E-state index in [0.717, 1.165) is 11.2 Å². The van der Waals surface area contributed by atoms with Crippen LogP contribution in [0.25, 0.3) is 21.7 Å².